The van der Waals surface area contributed by atoms with E-state index in [4.69, 9.17) is 4.74 Å². The Morgan fingerprint density at radius 1 is 1.07 bits per heavy atom. The number of rotatable bonds is 3. The van der Waals surface area contributed by atoms with Gasteiger partial charge in [0.1, 0.15) is 22.7 Å². The van der Waals surface area contributed by atoms with Crippen molar-refractivity contribution in [2.75, 3.05) is 16.8 Å². The van der Waals surface area contributed by atoms with Crippen LogP contribution in [0.2, 0.25) is 0 Å². The van der Waals surface area contributed by atoms with E-state index in [9.17, 15) is 23.2 Å². The van der Waals surface area contributed by atoms with E-state index in [1.54, 1.807) is 24.3 Å². The van der Waals surface area contributed by atoms with Crippen LogP contribution in [0.5, 0.6) is 0 Å². The quantitative estimate of drug-likeness (QED) is 0.839. The molecule has 0 saturated carbocycles. The molecular formula is C19H16F2N2O4. The number of nitrogens with zero attached hydrogens (tertiary/aromatic N) is 1. The summed E-state index contributed by atoms with van der Waals surface area (Å²) in [5.41, 5.74) is -1.26. The Morgan fingerprint density at radius 2 is 1.70 bits per heavy atom. The molecule has 1 heterocycles. The minimum Gasteiger partial charge on any atom is -0.452 e. The Morgan fingerprint density at radius 3 is 2.37 bits per heavy atom. The molecule has 2 aromatic carbocycles. The molecule has 140 valence electrons. The molecule has 6 nitrogen and oxygen atoms in total. The van der Waals surface area contributed by atoms with Crippen LogP contribution in [0.15, 0.2) is 42.5 Å². The molecule has 0 saturated heterocycles. The van der Waals surface area contributed by atoms with Crippen LogP contribution in [0, 0.1) is 11.6 Å². The van der Waals surface area contributed by atoms with E-state index in [1.165, 1.54) is 18.7 Å². The largest absolute Gasteiger partial charge is 0.452 e. The first-order valence-electron chi connectivity index (χ1n) is 8.08. The van der Waals surface area contributed by atoms with E-state index in [2.05, 4.69) is 5.32 Å². The number of anilines is 2. The van der Waals surface area contributed by atoms with Gasteiger partial charge in [0.25, 0.3) is 5.91 Å². The summed E-state index contributed by atoms with van der Waals surface area (Å²) >= 11 is 0. The van der Waals surface area contributed by atoms with Crippen molar-refractivity contribution in [3.63, 3.8) is 0 Å². The highest BCUT2D eigenvalue weighted by atomic mass is 19.1. The maximum atomic E-state index is 13.7. The first-order valence-corrected chi connectivity index (χ1v) is 8.08. The maximum Gasteiger partial charge on any atom is 0.344 e. The highest BCUT2D eigenvalue weighted by Crippen LogP contribution is 2.36. The van der Waals surface area contributed by atoms with E-state index in [0.29, 0.717) is 11.4 Å². The Balaban J connectivity index is 1.83. The summed E-state index contributed by atoms with van der Waals surface area (Å²) in [5.74, 6) is -4.59. The summed E-state index contributed by atoms with van der Waals surface area (Å²) in [6.07, 6.45) is 0. The van der Waals surface area contributed by atoms with Crippen LogP contribution < -0.4 is 10.2 Å². The number of nitrogens with one attached hydrogen (secondary N) is 1. The van der Waals surface area contributed by atoms with Crippen LogP contribution in [-0.2, 0) is 14.3 Å². The second-order valence-corrected chi connectivity index (χ2v) is 6.43. The first kappa shape index (κ1) is 18.5. The average molecular weight is 374 g/mol. The van der Waals surface area contributed by atoms with Gasteiger partial charge in [-0.15, -0.1) is 0 Å². The number of esters is 1. The van der Waals surface area contributed by atoms with Gasteiger partial charge in [0.15, 0.2) is 6.61 Å². The molecule has 27 heavy (non-hydrogen) atoms. The van der Waals surface area contributed by atoms with Crippen LogP contribution in [0.3, 0.4) is 0 Å². The minimum absolute atomic E-state index is 0.416. The van der Waals surface area contributed by atoms with Gasteiger partial charge in [-0.25, -0.2) is 13.6 Å². The van der Waals surface area contributed by atoms with Crippen LogP contribution in [0.1, 0.15) is 24.2 Å². The Labute approximate surface area is 153 Å². The zero-order chi connectivity index (χ0) is 19.8. The van der Waals surface area contributed by atoms with E-state index in [0.717, 1.165) is 18.2 Å². The highest BCUT2D eigenvalue weighted by molar-refractivity contribution is 6.14. The summed E-state index contributed by atoms with van der Waals surface area (Å²) in [6.45, 7) is 2.29. The highest BCUT2D eigenvalue weighted by Gasteiger charge is 2.43. The molecule has 0 atom stereocenters. The number of hydrogen-bond donors (Lipinski definition) is 1. The molecule has 2 aromatic rings. The van der Waals surface area contributed by atoms with Gasteiger partial charge in [0.05, 0.1) is 11.4 Å². The molecule has 3 rings (SSSR count). The predicted octanol–water partition coefficient (Wildman–Crippen LogP) is 2.89. The topological polar surface area (TPSA) is 75.7 Å². The lowest BCUT2D eigenvalue weighted by Gasteiger charge is -2.41. The predicted molar refractivity (Wildman–Crippen MR) is 93.3 cm³/mol. The van der Waals surface area contributed by atoms with E-state index < -0.39 is 47.1 Å². The van der Waals surface area contributed by atoms with Crippen molar-refractivity contribution in [1.82, 2.24) is 0 Å². The smallest absolute Gasteiger partial charge is 0.344 e. The van der Waals surface area contributed by atoms with E-state index >= 15 is 0 Å². The fourth-order valence-electron chi connectivity index (χ4n) is 2.86. The average Bonchev–Trinajstić information content (AvgIpc) is 2.60. The van der Waals surface area contributed by atoms with Gasteiger partial charge in [0, 0.05) is 0 Å². The van der Waals surface area contributed by atoms with Crippen molar-refractivity contribution in [2.45, 2.75) is 19.4 Å². The molecule has 0 unspecified atom stereocenters. The van der Waals surface area contributed by atoms with Gasteiger partial charge in [0.2, 0.25) is 5.91 Å². The third-order valence-corrected chi connectivity index (χ3v) is 4.25. The number of halogens is 2. The lowest BCUT2D eigenvalue weighted by Crippen LogP contribution is -2.59. The van der Waals surface area contributed by atoms with Gasteiger partial charge >= 0.3 is 5.97 Å². The van der Waals surface area contributed by atoms with Crippen LogP contribution in [-0.4, -0.2) is 29.9 Å². The summed E-state index contributed by atoms with van der Waals surface area (Å²) in [5, 5.41) is 2.70. The molecule has 2 amide bonds. The van der Waals surface area contributed by atoms with Crippen molar-refractivity contribution < 1.29 is 27.9 Å². The Bertz CT molecular complexity index is 923. The number of fused-ring (bicyclic) bond motifs is 1. The maximum absolute atomic E-state index is 13.7. The second kappa shape index (κ2) is 6.79. The molecule has 0 fully saturated rings. The number of benzene rings is 2. The first-order chi connectivity index (χ1) is 12.7. The third-order valence-electron chi connectivity index (χ3n) is 4.25. The normalized spacial score (nSPS) is 15.0. The van der Waals surface area contributed by atoms with Crippen molar-refractivity contribution in [2.24, 2.45) is 0 Å². The zero-order valence-electron chi connectivity index (χ0n) is 14.6. The Hall–Kier alpha value is -3.29. The number of carbonyl (C=O) groups is 3. The molecule has 0 radical (unpaired) electrons. The van der Waals surface area contributed by atoms with E-state index in [-0.39, 0.29) is 0 Å². The minimum atomic E-state index is -1.30. The molecule has 1 aliphatic heterocycles. The van der Waals surface area contributed by atoms with Gasteiger partial charge in [-0.1, -0.05) is 18.2 Å². The molecule has 1 N–H and O–H groups in total. The number of amides is 2. The molecule has 0 aromatic heterocycles. The van der Waals surface area contributed by atoms with Crippen molar-refractivity contribution in [3.05, 3.63) is 59.7 Å². The number of para-hydroxylation sites is 2. The molecule has 0 spiro atoms. The number of hydrogen-bond acceptors (Lipinski definition) is 4. The van der Waals surface area contributed by atoms with Gasteiger partial charge in [-0.3, -0.25) is 14.5 Å². The second-order valence-electron chi connectivity index (χ2n) is 6.43. The van der Waals surface area contributed by atoms with Crippen molar-refractivity contribution in [1.29, 1.82) is 0 Å². The lowest BCUT2D eigenvalue weighted by molar-refractivity contribution is -0.128. The van der Waals surface area contributed by atoms with Crippen molar-refractivity contribution in [3.8, 4) is 0 Å². The summed E-state index contributed by atoms with van der Waals surface area (Å²) < 4.78 is 32.1. The molecule has 8 heteroatoms. The lowest BCUT2D eigenvalue weighted by atomic mass is 9.96. The standard InChI is InChI=1S/C19H16F2N2O4/c1-19(2)18(26)22-13-8-3-4-9-14(13)23(19)15(24)10-27-17(25)16-11(20)6-5-7-12(16)21/h3-9H,10H2,1-2H3,(H,22,26). The molecule has 1 aliphatic rings. The summed E-state index contributed by atoms with van der Waals surface area (Å²) in [6, 6.07) is 9.58. The SMILES string of the molecule is CC1(C)C(=O)Nc2ccccc2N1C(=O)COC(=O)c1c(F)cccc1F. The van der Waals surface area contributed by atoms with Gasteiger partial charge in [-0.05, 0) is 38.1 Å². The fourth-order valence-corrected chi connectivity index (χ4v) is 2.86. The third kappa shape index (κ3) is 3.25. The van der Waals surface area contributed by atoms with Gasteiger partial charge < -0.3 is 10.1 Å². The summed E-state index contributed by atoms with van der Waals surface area (Å²) in [4.78, 5) is 38.2. The summed E-state index contributed by atoms with van der Waals surface area (Å²) in [7, 11) is 0. The number of carbonyl (C=O) groups excluding carboxylic acids is 3. The van der Waals surface area contributed by atoms with Gasteiger partial charge in [-0.2, -0.15) is 0 Å². The van der Waals surface area contributed by atoms with Crippen LogP contribution in [0.4, 0.5) is 20.2 Å². The molecular weight excluding hydrogens is 358 g/mol. The van der Waals surface area contributed by atoms with Crippen LogP contribution >= 0.6 is 0 Å². The van der Waals surface area contributed by atoms with E-state index in [1.807, 2.05) is 0 Å². The zero-order valence-corrected chi connectivity index (χ0v) is 14.6. The fraction of sp³-hybridized carbons (Fsp3) is 0.211. The Kier molecular flexibility index (Phi) is 4.65. The molecule has 0 aliphatic carbocycles. The monoisotopic (exact) mass is 374 g/mol. The molecule has 0 bridgehead atoms. The van der Waals surface area contributed by atoms with Crippen LogP contribution in [0.25, 0.3) is 0 Å². The number of ether oxygens (including phenoxy) is 1. The van der Waals surface area contributed by atoms with Crippen molar-refractivity contribution >= 4 is 29.2 Å².